The standard InChI is InChI=1S/C11H16N2O2/c12-6-10-5-11(14)13(7-10)3-1-9-2-4-15-8-9/h9-10H,1-5,7-8H2. The van der Waals surface area contributed by atoms with Gasteiger partial charge < -0.3 is 9.64 Å². The molecule has 0 N–H and O–H groups in total. The lowest BCUT2D eigenvalue weighted by Gasteiger charge is -2.17. The maximum atomic E-state index is 11.5. The Kier molecular flexibility index (Phi) is 3.22. The third-order valence-electron chi connectivity index (χ3n) is 3.23. The van der Waals surface area contributed by atoms with Crippen molar-refractivity contribution < 1.29 is 9.53 Å². The zero-order chi connectivity index (χ0) is 10.7. The van der Waals surface area contributed by atoms with Crippen molar-refractivity contribution in [1.29, 1.82) is 5.26 Å². The summed E-state index contributed by atoms with van der Waals surface area (Å²) in [4.78, 5) is 13.3. The van der Waals surface area contributed by atoms with Crippen molar-refractivity contribution in [2.24, 2.45) is 11.8 Å². The third kappa shape index (κ3) is 2.48. The normalized spacial score (nSPS) is 30.9. The van der Waals surface area contributed by atoms with Crippen LogP contribution in [0.4, 0.5) is 0 Å². The molecule has 0 aromatic heterocycles. The van der Waals surface area contributed by atoms with E-state index < -0.39 is 0 Å². The number of nitriles is 1. The first-order valence-corrected chi connectivity index (χ1v) is 5.54. The van der Waals surface area contributed by atoms with E-state index in [-0.39, 0.29) is 11.8 Å². The number of carbonyl (C=O) groups excluding carboxylic acids is 1. The average molecular weight is 208 g/mol. The fraction of sp³-hybridized carbons (Fsp3) is 0.818. The number of nitrogens with zero attached hydrogens (tertiary/aromatic N) is 2. The zero-order valence-electron chi connectivity index (χ0n) is 8.82. The highest BCUT2D eigenvalue weighted by Gasteiger charge is 2.29. The van der Waals surface area contributed by atoms with Crippen molar-refractivity contribution in [2.45, 2.75) is 19.3 Å². The molecular weight excluding hydrogens is 192 g/mol. The van der Waals surface area contributed by atoms with Crippen LogP contribution in [0.25, 0.3) is 0 Å². The van der Waals surface area contributed by atoms with Gasteiger partial charge in [0.15, 0.2) is 0 Å². The molecule has 4 nitrogen and oxygen atoms in total. The van der Waals surface area contributed by atoms with Crippen LogP contribution in [-0.4, -0.2) is 37.1 Å². The molecule has 2 rings (SSSR count). The maximum Gasteiger partial charge on any atom is 0.224 e. The van der Waals surface area contributed by atoms with E-state index in [1.807, 2.05) is 4.90 Å². The summed E-state index contributed by atoms with van der Waals surface area (Å²) in [6, 6.07) is 2.17. The molecule has 2 aliphatic heterocycles. The highest BCUT2D eigenvalue weighted by molar-refractivity contribution is 5.79. The first-order valence-electron chi connectivity index (χ1n) is 5.54. The van der Waals surface area contributed by atoms with Crippen LogP contribution in [0.3, 0.4) is 0 Å². The van der Waals surface area contributed by atoms with Gasteiger partial charge in [0.05, 0.1) is 12.0 Å². The van der Waals surface area contributed by atoms with Crippen LogP contribution in [0, 0.1) is 23.2 Å². The van der Waals surface area contributed by atoms with E-state index >= 15 is 0 Å². The van der Waals surface area contributed by atoms with Gasteiger partial charge in [-0.05, 0) is 18.8 Å². The molecular formula is C11H16N2O2. The van der Waals surface area contributed by atoms with E-state index in [0.717, 1.165) is 32.6 Å². The van der Waals surface area contributed by atoms with Gasteiger partial charge in [-0.15, -0.1) is 0 Å². The summed E-state index contributed by atoms with van der Waals surface area (Å²) in [7, 11) is 0. The molecule has 0 aromatic carbocycles. The van der Waals surface area contributed by atoms with Crippen molar-refractivity contribution in [3.63, 3.8) is 0 Å². The van der Waals surface area contributed by atoms with Crippen LogP contribution in [0.5, 0.6) is 0 Å². The summed E-state index contributed by atoms with van der Waals surface area (Å²) in [5.41, 5.74) is 0. The van der Waals surface area contributed by atoms with Gasteiger partial charge in [0.2, 0.25) is 5.91 Å². The zero-order valence-corrected chi connectivity index (χ0v) is 8.82. The van der Waals surface area contributed by atoms with Gasteiger partial charge in [0.1, 0.15) is 0 Å². The first kappa shape index (κ1) is 10.4. The summed E-state index contributed by atoms with van der Waals surface area (Å²) in [5.74, 6) is 0.664. The van der Waals surface area contributed by atoms with Gasteiger partial charge in [-0.2, -0.15) is 5.26 Å². The maximum absolute atomic E-state index is 11.5. The number of hydrogen-bond donors (Lipinski definition) is 0. The summed E-state index contributed by atoms with van der Waals surface area (Å²) >= 11 is 0. The molecule has 2 heterocycles. The highest BCUT2D eigenvalue weighted by atomic mass is 16.5. The second kappa shape index (κ2) is 4.63. The van der Waals surface area contributed by atoms with E-state index in [0.29, 0.717) is 18.9 Å². The summed E-state index contributed by atoms with van der Waals surface area (Å²) in [6.07, 6.45) is 2.55. The summed E-state index contributed by atoms with van der Waals surface area (Å²) < 4.78 is 5.29. The lowest BCUT2D eigenvalue weighted by Crippen LogP contribution is -2.27. The second-order valence-corrected chi connectivity index (χ2v) is 4.39. The molecule has 2 unspecified atom stereocenters. The van der Waals surface area contributed by atoms with Crippen LogP contribution in [0.15, 0.2) is 0 Å². The van der Waals surface area contributed by atoms with E-state index in [2.05, 4.69) is 6.07 Å². The van der Waals surface area contributed by atoms with Crippen LogP contribution >= 0.6 is 0 Å². The molecule has 2 saturated heterocycles. The van der Waals surface area contributed by atoms with Gasteiger partial charge in [-0.25, -0.2) is 0 Å². The fourth-order valence-electron chi connectivity index (χ4n) is 2.22. The van der Waals surface area contributed by atoms with Gasteiger partial charge >= 0.3 is 0 Å². The van der Waals surface area contributed by atoms with Crippen LogP contribution in [0.2, 0.25) is 0 Å². The van der Waals surface area contributed by atoms with E-state index in [1.54, 1.807) is 0 Å². The average Bonchev–Trinajstić information content (AvgIpc) is 2.84. The number of ether oxygens (including phenoxy) is 1. The van der Waals surface area contributed by atoms with Crippen molar-refractivity contribution in [1.82, 2.24) is 4.90 Å². The van der Waals surface area contributed by atoms with Crippen LogP contribution in [-0.2, 0) is 9.53 Å². The van der Waals surface area contributed by atoms with Gasteiger partial charge in [0.25, 0.3) is 0 Å². The lowest BCUT2D eigenvalue weighted by molar-refractivity contribution is -0.127. The Morgan fingerprint density at radius 3 is 3.07 bits per heavy atom. The SMILES string of the molecule is N#CC1CC(=O)N(CCC2CCOC2)C1. The number of hydrogen-bond acceptors (Lipinski definition) is 3. The highest BCUT2D eigenvalue weighted by Crippen LogP contribution is 2.21. The molecule has 0 aliphatic carbocycles. The molecule has 82 valence electrons. The predicted molar refractivity (Wildman–Crippen MR) is 53.8 cm³/mol. The summed E-state index contributed by atoms with van der Waals surface area (Å²) in [6.45, 7) is 3.12. The molecule has 2 atom stereocenters. The molecule has 0 spiro atoms. The van der Waals surface area contributed by atoms with E-state index in [4.69, 9.17) is 10.00 Å². The molecule has 0 saturated carbocycles. The quantitative estimate of drug-likeness (QED) is 0.689. The Morgan fingerprint density at radius 2 is 2.47 bits per heavy atom. The van der Waals surface area contributed by atoms with Gasteiger partial charge in [-0.3, -0.25) is 4.79 Å². The largest absolute Gasteiger partial charge is 0.381 e. The number of likely N-dealkylation sites (tertiary alicyclic amines) is 1. The van der Waals surface area contributed by atoms with E-state index in [9.17, 15) is 4.79 Å². The number of carbonyl (C=O) groups is 1. The first-order chi connectivity index (χ1) is 7.29. The van der Waals surface area contributed by atoms with Crippen LogP contribution < -0.4 is 0 Å². The minimum Gasteiger partial charge on any atom is -0.381 e. The van der Waals surface area contributed by atoms with Crippen molar-refractivity contribution in [3.8, 4) is 6.07 Å². The van der Waals surface area contributed by atoms with Crippen molar-refractivity contribution in [2.75, 3.05) is 26.3 Å². The monoisotopic (exact) mass is 208 g/mol. The topological polar surface area (TPSA) is 53.3 Å². The Labute approximate surface area is 89.8 Å². The van der Waals surface area contributed by atoms with Crippen molar-refractivity contribution in [3.05, 3.63) is 0 Å². The summed E-state index contributed by atoms with van der Waals surface area (Å²) in [5, 5.41) is 8.73. The van der Waals surface area contributed by atoms with Gasteiger partial charge in [0, 0.05) is 32.7 Å². The predicted octanol–water partition coefficient (Wildman–Crippen LogP) is 0.785. The van der Waals surface area contributed by atoms with Gasteiger partial charge in [-0.1, -0.05) is 0 Å². The molecule has 0 aromatic rings. The molecule has 0 bridgehead atoms. The van der Waals surface area contributed by atoms with Crippen molar-refractivity contribution >= 4 is 5.91 Å². The molecule has 1 amide bonds. The minimum atomic E-state index is -0.0858. The number of amides is 1. The minimum absolute atomic E-state index is 0.0858. The molecule has 2 fully saturated rings. The molecule has 15 heavy (non-hydrogen) atoms. The Hall–Kier alpha value is -1.08. The fourth-order valence-corrected chi connectivity index (χ4v) is 2.22. The molecule has 4 heteroatoms. The Balaban J connectivity index is 1.75. The Morgan fingerprint density at radius 1 is 1.60 bits per heavy atom. The molecule has 2 aliphatic rings. The lowest BCUT2D eigenvalue weighted by atomic mass is 10.1. The third-order valence-corrected chi connectivity index (χ3v) is 3.23. The van der Waals surface area contributed by atoms with Crippen LogP contribution in [0.1, 0.15) is 19.3 Å². The second-order valence-electron chi connectivity index (χ2n) is 4.39. The van der Waals surface area contributed by atoms with E-state index in [1.165, 1.54) is 0 Å². The number of rotatable bonds is 3. The smallest absolute Gasteiger partial charge is 0.224 e. The Bertz CT molecular complexity index is 279. The molecule has 0 radical (unpaired) electrons.